The van der Waals surface area contributed by atoms with E-state index in [1.807, 2.05) is 38.1 Å². The molecule has 150 valence electrons. The van der Waals surface area contributed by atoms with Gasteiger partial charge in [-0.3, -0.25) is 9.69 Å². The summed E-state index contributed by atoms with van der Waals surface area (Å²) in [5.74, 6) is 0.872. The van der Waals surface area contributed by atoms with Crippen molar-refractivity contribution >= 4 is 17.6 Å². The molecule has 1 aliphatic rings. The van der Waals surface area contributed by atoms with Gasteiger partial charge in [0, 0.05) is 30.7 Å². The Labute approximate surface area is 163 Å². The Hall–Kier alpha value is -2.08. The maximum atomic E-state index is 11.8. The van der Waals surface area contributed by atoms with Crippen LogP contribution >= 0.6 is 0 Å². The zero-order valence-corrected chi connectivity index (χ0v) is 17.2. The highest BCUT2D eigenvalue weighted by Gasteiger charge is 2.22. The highest BCUT2D eigenvalue weighted by atomic mass is 16.1. The Balaban J connectivity index is 1.88. The molecule has 6 nitrogen and oxygen atoms in total. The second kappa shape index (κ2) is 10.9. The number of nitrogens with one attached hydrogen (secondary N) is 3. The van der Waals surface area contributed by atoms with Crippen LogP contribution in [-0.2, 0) is 11.3 Å². The average Bonchev–Trinajstić information content (AvgIpc) is 3.12. The number of nitrogens with zero attached hydrogens (tertiary/aromatic N) is 2. The maximum absolute atomic E-state index is 11.8. The summed E-state index contributed by atoms with van der Waals surface area (Å²) in [5, 5.41) is 9.72. The second-order valence-corrected chi connectivity index (χ2v) is 7.34. The van der Waals surface area contributed by atoms with Crippen molar-refractivity contribution in [1.29, 1.82) is 0 Å². The van der Waals surface area contributed by atoms with Gasteiger partial charge >= 0.3 is 0 Å². The van der Waals surface area contributed by atoms with Crippen molar-refractivity contribution in [2.75, 3.05) is 31.5 Å². The molecule has 1 heterocycles. The molecule has 2 rings (SSSR count). The van der Waals surface area contributed by atoms with E-state index in [2.05, 4.69) is 34.7 Å². The van der Waals surface area contributed by atoms with Crippen LogP contribution in [-0.4, -0.2) is 49.0 Å². The van der Waals surface area contributed by atoms with Crippen LogP contribution in [0, 0.1) is 5.92 Å². The summed E-state index contributed by atoms with van der Waals surface area (Å²) in [6.45, 7) is 12.8. The molecule has 1 saturated heterocycles. The predicted molar refractivity (Wildman–Crippen MR) is 113 cm³/mol. The summed E-state index contributed by atoms with van der Waals surface area (Å²) in [4.78, 5) is 19.0. The molecule has 1 unspecified atom stereocenters. The van der Waals surface area contributed by atoms with E-state index < -0.39 is 0 Å². The van der Waals surface area contributed by atoms with Gasteiger partial charge in [0.1, 0.15) is 0 Å². The highest BCUT2D eigenvalue weighted by Crippen LogP contribution is 2.15. The molecule has 0 aromatic heterocycles. The standard InChI is InChI=1S/C21H35N5O/c1-5-22-21(24-15-19-8-7-13-26(19)6-2)23-14-17-9-11-18(12-10-17)25-20(27)16(3)4/h9-12,16,19H,5-8,13-15H2,1-4H3,(H,25,27)(H2,22,23,24). The first-order valence-corrected chi connectivity index (χ1v) is 10.2. The van der Waals surface area contributed by atoms with Gasteiger partial charge in [0.05, 0.1) is 6.54 Å². The van der Waals surface area contributed by atoms with Crippen molar-refractivity contribution in [2.24, 2.45) is 10.9 Å². The van der Waals surface area contributed by atoms with Crippen molar-refractivity contribution in [3.05, 3.63) is 29.8 Å². The van der Waals surface area contributed by atoms with Crippen LogP contribution in [0.3, 0.4) is 0 Å². The SMILES string of the molecule is CCNC(=NCc1ccc(NC(=O)C(C)C)cc1)NCC1CCCN1CC. The molecule has 6 heteroatoms. The molecule has 0 aliphatic carbocycles. The number of hydrogen-bond donors (Lipinski definition) is 3. The van der Waals surface area contributed by atoms with Gasteiger partial charge in [-0.05, 0) is 50.6 Å². The number of likely N-dealkylation sites (tertiary alicyclic amines) is 1. The van der Waals surface area contributed by atoms with E-state index in [1.165, 1.54) is 19.4 Å². The lowest BCUT2D eigenvalue weighted by molar-refractivity contribution is -0.118. The van der Waals surface area contributed by atoms with Crippen LogP contribution in [0.5, 0.6) is 0 Å². The van der Waals surface area contributed by atoms with Gasteiger partial charge in [-0.25, -0.2) is 4.99 Å². The van der Waals surface area contributed by atoms with Crippen molar-refractivity contribution in [3.8, 4) is 0 Å². The lowest BCUT2D eigenvalue weighted by Crippen LogP contribution is -2.44. The Bertz CT molecular complexity index is 612. The molecule has 0 bridgehead atoms. The maximum Gasteiger partial charge on any atom is 0.226 e. The van der Waals surface area contributed by atoms with Gasteiger partial charge in [0.2, 0.25) is 5.91 Å². The number of amides is 1. The van der Waals surface area contributed by atoms with E-state index in [9.17, 15) is 4.79 Å². The fourth-order valence-corrected chi connectivity index (χ4v) is 3.25. The lowest BCUT2D eigenvalue weighted by atomic mass is 10.1. The normalized spacial score (nSPS) is 18.0. The molecular formula is C21H35N5O. The van der Waals surface area contributed by atoms with Crippen molar-refractivity contribution in [3.63, 3.8) is 0 Å². The number of hydrogen-bond acceptors (Lipinski definition) is 3. The summed E-state index contributed by atoms with van der Waals surface area (Å²) >= 11 is 0. The van der Waals surface area contributed by atoms with E-state index in [4.69, 9.17) is 4.99 Å². The van der Waals surface area contributed by atoms with Crippen LogP contribution in [0.15, 0.2) is 29.3 Å². The second-order valence-electron chi connectivity index (χ2n) is 7.34. The number of carbonyl (C=O) groups excluding carboxylic acids is 1. The fraction of sp³-hybridized carbons (Fsp3) is 0.619. The van der Waals surface area contributed by atoms with E-state index in [0.29, 0.717) is 12.6 Å². The number of rotatable bonds is 8. The van der Waals surface area contributed by atoms with Gasteiger partial charge < -0.3 is 16.0 Å². The highest BCUT2D eigenvalue weighted by molar-refractivity contribution is 5.92. The first kappa shape index (κ1) is 21.2. The average molecular weight is 374 g/mol. The number of guanidine groups is 1. The van der Waals surface area contributed by atoms with Crippen LogP contribution in [0.4, 0.5) is 5.69 Å². The number of benzene rings is 1. The van der Waals surface area contributed by atoms with E-state index in [0.717, 1.165) is 36.8 Å². The molecular weight excluding hydrogens is 338 g/mol. The molecule has 3 N–H and O–H groups in total. The van der Waals surface area contributed by atoms with Crippen molar-refractivity contribution < 1.29 is 4.79 Å². The first-order chi connectivity index (χ1) is 13.0. The van der Waals surface area contributed by atoms with Crippen LogP contribution in [0.2, 0.25) is 0 Å². The summed E-state index contributed by atoms with van der Waals surface area (Å²) in [6, 6.07) is 8.49. The largest absolute Gasteiger partial charge is 0.357 e. The number of anilines is 1. The predicted octanol–water partition coefficient (Wildman–Crippen LogP) is 2.82. The molecule has 1 atom stereocenters. The van der Waals surface area contributed by atoms with Crippen molar-refractivity contribution in [1.82, 2.24) is 15.5 Å². The number of carbonyl (C=O) groups is 1. The minimum atomic E-state index is -0.0217. The Kier molecular flexibility index (Phi) is 8.58. The van der Waals surface area contributed by atoms with Gasteiger partial charge in [-0.2, -0.15) is 0 Å². The third-order valence-electron chi connectivity index (χ3n) is 4.92. The summed E-state index contributed by atoms with van der Waals surface area (Å²) in [7, 11) is 0. The molecule has 1 amide bonds. The third kappa shape index (κ3) is 6.86. The topological polar surface area (TPSA) is 68.8 Å². The minimum absolute atomic E-state index is 0.0217. The summed E-state index contributed by atoms with van der Waals surface area (Å²) < 4.78 is 0. The van der Waals surface area contributed by atoms with Crippen LogP contribution in [0.1, 0.15) is 46.1 Å². The molecule has 0 radical (unpaired) electrons. The van der Waals surface area contributed by atoms with E-state index >= 15 is 0 Å². The molecule has 1 aliphatic heterocycles. The van der Waals surface area contributed by atoms with E-state index in [-0.39, 0.29) is 11.8 Å². The zero-order chi connectivity index (χ0) is 19.6. The quantitative estimate of drug-likeness (QED) is 0.484. The number of aliphatic imine (C=N–C) groups is 1. The fourth-order valence-electron chi connectivity index (χ4n) is 3.25. The van der Waals surface area contributed by atoms with Gasteiger partial charge in [-0.1, -0.05) is 32.9 Å². The van der Waals surface area contributed by atoms with Crippen LogP contribution in [0.25, 0.3) is 0 Å². The smallest absolute Gasteiger partial charge is 0.226 e. The first-order valence-electron chi connectivity index (χ1n) is 10.2. The van der Waals surface area contributed by atoms with Crippen LogP contribution < -0.4 is 16.0 Å². The molecule has 0 spiro atoms. The Morgan fingerprint density at radius 2 is 1.96 bits per heavy atom. The van der Waals surface area contributed by atoms with Gasteiger partial charge in [-0.15, -0.1) is 0 Å². The molecule has 27 heavy (non-hydrogen) atoms. The summed E-state index contributed by atoms with van der Waals surface area (Å²) in [5.41, 5.74) is 1.94. The molecule has 1 fully saturated rings. The summed E-state index contributed by atoms with van der Waals surface area (Å²) in [6.07, 6.45) is 2.54. The zero-order valence-electron chi connectivity index (χ0n) is 17.2. The third-order valence-corrected chi connectivity index (χ3v) is 4.92. The monoisotopic (exact) mass is 373 g/mol. The number of likely N-dealkylation sites (N-methyl/N-ethyl adjacent to an activating group) is 1. The lowest BCUT2D eigenvalue weighted by Gasteiger charge is -2.24. The minimum Gasteiger partial charge on any atom is -0.357 e. The van der Waals surface area contributed by atoms with Crippen molar-refractivity contribution in [2.45, 2.75) is 53.1 Å². The van der Waals surface area contributed by atoms with Gasteiger partial charge in [0.25, 0.3) is 0 Å². The Morgan fingerprint density at radius 1 is 1.22 bits per heavy atom. The van der Waals surface area contributed by atoms with Gasteiger partial charge in [0.15, 0.2) is 5.96 Å². The Morgan fingerprint density at radius 3 is 2.59 bits per heavy atom. The van der Waals surface area contributed by atoms with E-state index in [1.54, 1.807) is 0 Å². The molecule has 1 aromatic rings. The molecule has 1 aromatic carbocycles. The molecule has 0 saturated carbocycles.